The molecule has 0 heterocycles. The van der Waals surface area contributed by atoms with Crippen LogP contribution in [0.25, 0.3) is 0 Å². The van der Waals surface area contributed by atoms with E-state index in [1.54, 1.807) is 6.92 Å². The first kappa shape index (κ1) is 17.9. The molecule has 1 rings (SSSR count). The van der Waals surface area contributed by atoms with Crippen LogP contribution in [0.5, 0.6) is 0 Å². The summed E-state index contributed by atoms with van der Waals surface area (Å²) >= 11 is 5.95. The third kappa shape index (κ3) is 4.70. The van der Waals surface area contributed by atoms with Crippen molar-refractivity contribution in [2.75, 3.05) is 6.54 Å². The molecule has 22 heavy (non-hydrogen) atoms. The van der Waals surface area contributed by atoms with E-state index in [9.17, 15) is 19.7 Å². The molecule has 120 valence electrons. The third-order valence-electron chi connectivity index (χ3n) is 3.34. The average molecular weight is 329 g/mol. The molecule has 1 N–H and O–H groups in total. The van der Waals surface area contributed by atoms with E-state index in [0.717, 1.165) is 0 Å². The van der Waals surface area contributed by atoms with Gasteiger partial charge in [-0.15, -0.1) is 0 Å². The molecule has 1 aromatic rings. The first-order chi connectivity index (χ1) is 10.3. The summed E-state index contributed by atoms with van der Waals surface area (Å²) in [5, 5.41) is 19.7. The minimum atomic E-state index is -1.09. The largest absolute Gasteiger partial charge is 0.480 e. The van der Waals surface area contributed by atoms with Gasteiger partial charge in [-0.1, -0.05) is 24.6 Å². The molecule has 0 aliphatic heterocycles. The number of hydrogen-bond donors (Lipinski definition) is 1. The summed E-state index contributed by atoms with van der Waals surface area (Å²) in [6.45, 7) is 3.22. The topological polar surface area (TPSA) is 101 Å². The molecule has 0 radical (unpaired) electrons. The molecule has 0 saturated carbocycles. The van der Waals surface area contributed by atoms with E-state index >= 15 is 0 Å². The van der Waals surface area contributed by atoms with Gasteiger partial charge in [0.15, 0.2) is 0 Å². The van der Waals surface area contributed by atoms with Gasteiger partial charge in [0.05, 0.1) is 16.4 Å². The van der Waals surface area contributed by atoms with Crippen LogP contribution < -0.4 is 0 Å². The van der Waals surface area contributed by atoms with Crippen LogP contribution in [-0.4, -0.2) is 39.4 Å². The number of hydrogen-bond acceptors (Lipinski definition) is 4. The van der Waals surface area contributed by atoms with Crippen LogP contribution >= 0.6 is 11.6 Å². The summed E-state index contributed by atoms with van der Waals surface area (Å²) in [6, 6.07) is 3.63. The van der Waals surface area contributed by atoms with Crippen molar-refractivity contribution in [3.63, 3.8) is 0 Å². The maximum absolute atomic E-state index is 12.3. The van der Waals surface area contributed by atoms with Crippen molar-refractivity contribution in [3.05, 3.63) is 38.9 Å². The van der Waals surface area contributed by atoms with Gasteiger partial charge < -0.3 is 10.0 Å². The van der Waals surface area contributed by atoms with Crippen LogP contribution in [0.2, 0.25) is 5.02 Å². The van der Waals surface area contributed by atoms with Crippen LogP contribution in [0.3, 0.4) is 0 Å². The zero-order valence-electron chi connectivity index (χ0n) is 12.3. The fourth-order valence-electron chi connectivity index (χ4n) is 1.91. The number of nitro groups is 1. The summed E-state index contributed by atoms with van der Waals surface area (Å²) in [5.41, 5.74) is 0.265. The number of amides is 1. The van der Waals surface area contributed by atoms with Crippen molar-refractivity contribution in [2.24, 2.45) is 0 Å². The zero-order valence-corrected chi connectivity index (χ0v) is 13.0. The lowest BCUT2D eigenvalue weighted by Gasteiger charge is -2.27. The third-order valence-corrected chi connectivity index (χ3v) is 3.69. The number of non-ortho nitro benzene ring substituents is 1. The Morgan fingerprint density at radius 3 is 2.55 bits per heavy atom. The Morgan fingerprint density at radius 2 is 2.09 bits per heavy atom. The second-order valence-electron chi connectivity index (χ2n) is 4.88. The van der Waals surface area contributed by atoms with Gasteiger partial charge in [-0.2, -0.15) is 0 Å². The lowest BCUT2D eigenvalue weighted by Crippen LogP contribution is -2.42. The maximum Gasteiger partial charge on any atom is 0.323 e. The number of carboxylic acids is 1. The van der Waals surface area contributed by atoms with Gasteiger partial charge >= 0.3 is 5.97 Å². The predicted octanol–water partition coefficient (Wildman–Crippen LogP) is 2.50. The van der Waals surface area contributed by atoms with Gasteiger partial charge in [-0.3, -0.25) is 19.7 Å². The Labute approximate surface area is 132 Å². The number of carboxylic acid groups (broad SMARTS) is 1. The number of aliphatic carboxylic acids is 1. The Balaban J connectivity index is 2.93. The molecular formula is C14H17ClN2O5. The van der Waals surface area contributed by atoms with Crippen molar-refractivity contribution in [1.29, 1.82) is 0 Å². The van der Waals surface area contributed by atoms with E-state index in [4.69, 9.17) is 16.7 Å². The molecular weight excluding hydrogens is 312 g/mol. The molecule has 7 nitrogen and oxygen atoms in total. The lowest BCUT2D eigenvalue weighted by molar-refractivity contribution is -0.384. The monoisotopic (exact) mass is 328 g/mol. The van der Waals surface area contributed by atoms with Crippen LogP contribution in [-0.2, 0) is 16.0 Å². The first-order valence-corrected chi connectivity index (χ1v) is 7.08. The second-order valence-corrected chi connectivity index (χ2v) is 5.29. The van der Waals surface area contributed by atoms with Crippen molar-refractivity contribution in [1.82, 2.24) is 4.90 Å². The highest BCUT2D eigenvalue weighted by Gasteiger charge is 2.22. The highest BCUT2D eigenvalue weighted by atomic mass is 35.5. The number of benzene rings is 1. The van der Waals surface area contributed by atoms with Crippen molar-refractivity contribution in [2.45, 2.75) is 32.7 Å². The van der Waals surface area contributed by atoms with Gasteiger partial charge in [0.25, 0.3) is 5.69 Å². The zero-order chi connectivity index (χ0) is 16.9. The summed E-state index contributed by atoms with van der Waals surface area (Å²) in [4.78, 5) is 34.5. The SMILES string of the molecule is CCC(C)N(CC(=O)O)C(=O)Cc1ccc([N+](=O)[O-])cc1Cl. The molecule has 1 atom stereocenters. The molecule has 1 aromatic carbocycles. The summed E-state index contributed by atoms with van der Waals surface area (Å²) in [6.07, 6.45) is 0.515. The van der Waals surface area contributed by atoms with Gasteiger partial charge in [0, 0.05) is 18.2 Å². The first-order valence-electron chi connectivity index (χ1n) is 6.70. The molecule has 0 spiro atoms. The fourth-order valence-corrected chi connectivity index (χ4v) is 2.16. The van der Waals surface area contributed by atoms with Crippen LogP contribution in [0, 0.1) is 10.1 Å². The lowest BCUT2D eigenvalue weighted by atomic mass is 10.1. The van der Waals surface area contributed by atoms with Crippen molar-refractivity contribution < 1.29 is 19.6 Å². The number of nitrogens with zero attached hydrogens (tertiary/aromatic N) is 2. The Bertz CT molecular complexity index is 591. The van der Waals surface area contributed by atoms with E-state index in [-0.39, 0.29) is 29.1 Å². The minimum Gasteiger partial charge on any atom is -0.480 e. The van der Waals surface area contributed by atoms with Gasteiger partial charge in [0.2, 0.25) is 5.91 Å². The van der Waals surface area contributed by atoms with E-state index in [1.165, 1.54) is 23.1 Å². The fraction of sp³-hybridized carbons (Fsp3) is 0.429. The second kappa shape index (κ2) is 7.74. The molecule has 1 amide bonds. The van der Waals surface area contributed by atoms with Crippen molar-refractivity contribution in [3.8, 4) is 0 Å². The molecule has 0 saturated heterocycles. The highest BCUT2D eigenvalue weighted by molar-refractivity contribution is 6.31. The van der Waals surface area contributed by atoms with Crippen LogP contribution in [0.15, 0.2) is 18.2 Å². The van der Waals surface area contributed by atoms with Gasteiger partial charge in [0.1, 0.15) is 6.54 Å². The summed E-state index contributed by atoms with van der Waals surface area (Å²) in [5.74, 6) is -1.48. The maximum atomic E-state index is 12.3. The molecule has 0 aliphatic rings. The molecule has 1 unspecified atom stereocenters. The highest BCUT2D eigenvalue weighted by Crippen LogP contribution is 2.23. The number of rotatable bonds is 7. The number of carbonyl (C=O) groups excluding carboxylic acids is 1. The quantitative estimate of drug-likeness (QED) is 0.612. The Morgan fingerprint density at radius 1 is 1.45 bits per heavy atom. The van der Waals surface area contributed by atoms with E-state index in [1.807, 2.05) is 6.92 Å². The van der Waals surface area contributed by atoms with Crippen LogP contribution in [0.4, 0.5) is 5.69 Å². The van der Waals surface area contributed by atoms with E-state index < -0.39 is 17.4 Å². The van der Waals surface area contributed by atoms with E-state index in [2.05, 4.69) is 0 Å². The van der Waals surface area contributed by atoms with Crippen molar-refractivity contribution >= 4 is 29.2 Å². The normalized spacial score (nSPS) is 11.8. The van der Waals surface area contributed by atoms with Crippen LogP contribution in [0.1, 0.15) is 25.8 Å². The van der Waals surface area contributed by atoms with E-state index in [0.29, 0.717) is 12.0 Å². The summed E-state index contributed by atoms with van der Waals surface area (Å²) in [7, 11) is 0. The molecule has 0 aromatic heterocycles. The predicted molar refractivity (Wildman–Crippen MR) is 80.9 cm³/mol. The van der Waals surface area contributed by atoms with Gasteiger partial charge in [-0.25, -0.2) is 0 Å². The van der Waals surface area contributed by atoms with Gasteiger partial charge in [-0.05, 0) is 18.9 Å². The number of nitro benzene ring substituents is 1. The Hall–Kier alpha value is -2.15. The Kier molecular flexibility index (Phi) is 6.30. The molecule has 0 fully saturated rings. The number of halogens is 1. The molecule has 0 aliphatic carbocycles. The molecule has 8 heteroatoms. The summed E-state index contributed by atoms with van der Waals surface area (Å²) < 4.78 is 0. The standard InChI is InChI=1S/C14H17ClN2O5/c1-3-9(2)16(8-14(19)20)13(18)6-10-4-5-11(17(21)22)7-12(10)15/h4-5,7,9H,3,6,8H2,1-2H3,(H,19,20). The molecule has 0 bridgehead atoms. The number of carbonyl (C=O) groups is 2. The smallest absolute Gasteiger partial charge is 0.323 e. The minimum absolute atomic E-state index is 0.103. The average Bonchev–Trinajstić information content (AvgIpc) is 2.45.